The van der Waals surface area contributed by atoms with Gasteiger partial charge in [0.2, 0.25) is 5.91 Å². The molecule has 0 saturated carbocycles. The molecule has 30 heavy (non-hydrogen) atoms. The Hall–Kier alpha value is -3.32. The molecule has 8 heteroatoms. The van der Waals surface area contributed by atoms with E-state index in [4.69, 9.17) is 16.7 Å². The van der Waals surface area contributed by atoms with Crippen LogP contribution in [-0.4, -0.2) is 40.0 Å². The summed E-state index contributed by atoms with van der Waals surface area (Å²) >= 11 is 6.04. The van der Waals surface area contributed by atoms with Gasteiger partial charge in [0.05, 0.1) is 6.42 Å². The first-order chi connectivity index (χ1) is 14.3. The SMILES string of the molecule is Cn1c(C(=O)N[C@@H](Cc2ccccc2)C(=O)NCCC(=O)O)cc2cc(Cl)ccc21. The lowest BCUT2D eigenvalue weighted by Crippen LogP contribution is -2.48. The third kappa shape index (κ3) is 5.18. The van der Waals surface area contributed by atoms with E-state index in [0.717, 1.165) is 16.5 Å². The lowest BCUT2D eigenvalue weighted by Gasteiger charge is -2.19. The van der Waals surface area contributed by atoms with Gasteiger partial charge in [-0.25, -0.2) is 0 Å². The average molecular weight is 428 g/mol. The van der Waals surface area contributed by atoms with E-state index >= 15 is 0 Å². The first-order valence-electron chi connectivity index (χ1n) is 9.44. The third-order valence-corrected chi connectivity index (χ3v) is 5.01. The molecule has 1 atom stereocenters. The van der Waals surface area contributed by atoms with E-state index in [0.29, 0.717) is 10.7 Å². The van der Waals surface area contributed by atoms with E-state index in [2.05, 4.69) is 10.6 Å². The molecular formula is C22H22ClN3O4. The average Bonchev–Trinajstić information content (AvgIpc) is 3.03. The summed E-state index contributed by atoms with van der Waals surface area (Å²) in [6.07, 6.45) is 0.0863. The lowest BCUT2D eigenvalue weighted by atomic mass is 10.0. The number of halogens is 1. The number of carbonyl (C=O) groups excluding carboxylic acids is 2. The lowest BCUT2D eigenvalue weighted by molar-refractivity contribution is -0.137. The Labute approximate surface area is 178 Å². The zero-order chi connectivity index (χ0) is 21.7. The maximum absolute atomic E-state index is 13.0. The number of hydrogen-bond acceptors (Lipinski definition) is 3. The van der Waals surface area contributed by atoms with Crippen molar-refractivity contribution < 1.29 is 19.5 Å². The molecule has 0 unspecified atom stereocenters. The Bertz CT molecular complexity index is 1080. The number of amides is 2. The highest BCUT2D eigenvalue weighted by Crippen LogP contribution is 2.22. The maximum Gasteiger partial charge on any atom is 0.305 e. The standard InChI is InChI=1S/C22H22ClN3O4/c1-26-18-8-7-16(23)12-15(18)13-19(26)22(30)25-17(11-14-5-3-2-4-6-14)21(29)24-10-9-20(27)28/h2-8,12-13,17H,9-11H2,1H3,(H,24,29)(H,25,30)(H,27,28)/t17-/m0/s1. The largest absolute Gasteiger partial charge is 0.481 e. The molecule has 0 bridgehead atoms. The first-order valence-corrected chi connectivity index (χ1v) is 9.82. The van der Waals surface area contributed by atoms with Crippen molar-refractivity contribution in [2.75, 3.05) is 6.54 Å². The third-order valence-electron chi connectivity index (χ3n) is 4.78. The van der Waals surface area contributed by atoms with Crippen LogP contribution < -0.4 is 10.6 Å². The maximum atomic E-state index is 13.0. The van der Waals surface area contributed by atoms with Crippen molar-refractivity contribution in [3.05, 3.63) is 70.9 Å². The minimum absolute atomic E-state index is 0.0120. The van der Waals surface area contributed by atoms with Gasteiger partial charge in [0, 0.05) is 35.9 Å². The number of hydrogen-bond donors (Lipinski definition) is 3. The molecule has 0 radical (unpaired) electrons. The minimum atomic E-state index is -1.01. The van der Waals surface area contributed by atoms with Crippen molar-refractivity contribution in [1.29, 1.82) is 0 Å². The molecule has 0 aliphatic carbocycles. The number of nitrogens with one attached hydrogen (secondary N) is 2. The second kappa shape index (κ2) is 9.45. The highest BCUT2D eigenvalue weighted by atomic mass is 35.5. The van der Waals surface area contributed by atoms with E-state index in [-0.39, 0.29) is 19.4 Å². The van der Waals surface area contributed by atoms with Crippen molar-refractivity contribution in [2.45, 2.75) is 18.9 Å². The predicted octanol–water partition coefficient (Wildman–Crippen LogP) is 2.76. The van der Waals surface area contributed by atoms with Crippen LogP contribution in [0.4, 0.5) is 0 Å². The van der Waals surface area contributed by atoms with Gasteiger partial charge in [-0.05, 0) is 29.8 Å². The molecule has 3 rings (SSSR count). The normalized spacial score (nSPS) is 11.8. The number of carboxylic acids is 1. The molecule has 0 spiro atoms. The number of nitrogens with zero attached hydrogens (tertiary/aromatic N) is 1. The molecule has 0 saturated heterocycles. The molecule has 0 aliphatic rings. The Kier molecular flexibility index (Phi) is 6.74. The highest BCUT2D eigenvalue weighted by molar-refractivity contribution is 6.31. The van der Waals surface area contributed by atoms with Gasteiger partial charge in [-0.1, -0.05) is 41.9 Å². The van der Waals surface area contributed by atoms with Crippen LogP contribution in [0.1, 0.15) is 22.5 Å². The minimum Gasteiger partial charge on any atom is -0.481 e. The predicted molar refractivity (Wildman–Crippen MR) is 115 cm³/mol. The Morgan fingerprint density at radius 1 is 1.10 bits per heavy atom. The van der Waals surface area contributed by atoms with Crippen molar-refractivity contribution in [1.82, 2.24) is 15.2 Å². The van der Waals surface area contributed by atoms with Gasteiger partial charge in [-0.15, -0.1) is 0 Å². The van der Waals surface area contributed by atoms with Crippen molar-refractivity contribution in [2.24, 2.45) is 7.05 Å². The monoisotopic (exact) mass is 427 g/mol. The van der Waals surface area contributed by atoms with Gasteiger partial charge in [0.25, 0.3) is 5.91 Å². The smallest absolute Gasteiger partial charge is 0.305 e. The molecule has 7 nitrogen and oxygen atoms in total. The Balaban J connectivity index is 1.80. The van der Waals surface area contributed by atoms with Crippen LogP contribution in [0.5, 0.6) is 0 Å². The molecule has 2 aromatic carbocycles. The molecule has 1 heterocycles. The molecular weight excluding hydrogens is 406 g/mol. The van der Waals surface area contributed by atoms with E-state index in [1.165, 1.54) is 0 Å². The highest BCUT2D eigenvalue weighted by Gasteiger charge is 2.23. The zero-order valence-corrected chi connectivity index (χ0v) is 17.1. The molecule has 156 valence electrons. The molecule has 0 fully saturated rings. The molecule has 1 aromatic heterocycles. The van der Waals surface area contributed by atoms with Crippen LogP contribution in [0, 0.1) is 0 Å². The summed E-state index contributed by atoms with van der Waals surface area (Å²) in [5, 5.41) is 15.5. The van der Waals surface area contributed by atoms with Crippen molar-refractivity contribution in [3.8, 4) is 0 Å². The topological polar surface area (TPSA) is 100 Å². The van der Waals surface area contributed by atoms with Gasteiger partial charge >= 0.3 is 5.97 Å². The van der Waals surface area contributed by atoms with Gasteiger partial charge in [-0.2, -0.15) is 0 Å². The van der Waals surface area contributed by atoms with Crippen molar-refractivity contribution in [3.63, 3.8) is 0 Å². The zero-order valence-electron chi connectivity index (χ0n) is 16.4. The number of benzene rings is 2. The van der Waals surface area contributed by atoms with Crippen LogP contribution in [0.25, 0.3) is 10.9 Å². The second-order valence-corrected chi connectivity index (χ2v) is 7.38. The fraction of sp³-hybridized carbons (Fsp3) is 0.227. The van der Waals surface area contributed by atoms with Gasteiger partial charge in [0.1, 0.15) is 11.7 Å². The van der Waals surface area contributed by atoms with E-state index < -0.39 is 23.8 Å². The van der Waals surface area contributed by atoms with Crippen LogP contribution >= 0.6 is 11.6 Å². The number of aryl methyl sites for hydroxylation is 1. The van der Waals surface area contributed by atoms with Crippen LogP contribution in [0.2, 0.25) is 5.02 Å². The van der Waals surface area contributed by atoms with E-state index in [1.54, 1.807) is 29.8 Å². The van der Waals surface area contributed by atoms with Crippen LogP contribution in [0.15, 0.2) is 54.6 Å². The van der Waals surface area contributed by atoms with Crippen LogP contribution in [0.3, 0.4) is 0 Å². The number of aliphatic carboxylic acids is 1. The molecule has 2 amide bonds. The fourth-order valence-corrected chi connectivity index (χ4v) is 3.43. The second-order valence-electron chi connectivity index (χ2n) is 6.94. The number of carboxylic acid groups (broad SMARTS) is 1. The van der Waals surface area contributed by atoms with Crippen LogP contribution in [-0.2, 0) is 23.1 Å². The molecule has 3 aromatic rings. The number of rotatable bonds is 8. The summed E-state index contributed by atoms with van der Waals surface area (Å²) in [4.78, 5) is 36.3. The van der Waals surface area contributed by atoms with Gasteiger partial charge < -0.3 is 20.3 Å². The number of carbonyl (C=O) groups is 3. The van der Waals surface area contributed by atoms with E-state index in [9.17, 15) is 14.4 Å². The fourth-order valence-electron chi connectivity index (χ4n) is 3.25. The first kappa shape index (κ1) is 21.4. The molecule has 3 N–H and O–H groups in total. The van der Waals surface area contributed by atoms with Crippen molar-refractivity contribution >= 4 is 40.3 Å². The summed E-state index contributed by atoms with van der Waals surface area (Å²) in [5.41, 5.74) is 2.11. The molecule has 0 aliphatic heterocycles. The summed E-state index contributed by atoms with van der Waals surface area (Å²) in [7, 11) is 1.77. The Morgan fingerprint density at radius 2 is 1.83 bits per heavy atom. The van der Waals surface area contributed by atoms with Gasteiger partial charge in [-0.3, -0.25) is 14.4 Å². The quantitative estimate of drug-likeness (QED) is 0.514. The summed E-state index contributed by atoms with van der Waals surface area (Å²) in [6.45, 7) is -0.0120. The summed E-state index contributed by atoms with van der Waals surface area (Å²) in [6, 6.07) is 15.5. The Morgan fingerprint density at radius 3 is 2.53 bits per heavy atom. The van der Waals surface area contributed by atoms with E-state index in [1.807, 2.05) is 36.4 Å². The number of fused-ring (bicyclic) bond motifs is 1. The number of aromatic nitrogens is 1. The van der Waals surface area contributed by atoms with Gasteiger partial charge in [0.15, 0.2) is 0 Å². The summed E-state index contributed by atoms with van der Waals surface area (Å²) < 4.78 is 1.74. The summed E-state index contributed by atoms with van der Waals surface area (Å²) in [5.74, 6) is -1.84.